The average Bonchev–Trinajstić information content (AvgIpc) is 2.29. The van der Waals surface area contributed by atoms with Gasteiger partial charge in [-0.1, -0.05) is 76.9 Å². The lowest BCUT2D eigenvalue weighted by Gasteiger charge is -2.05. The zero-order valence-electron chi connectivity index (χ0n) is 11.2. The van der Waals surface area contributed by atoms with E-state index in [1.165, 1.54) is 77.0 Å². The molecule has 0 heteroatoms. The summed E-state index contributed by atoms with van der Waals surface area (Å²) in [7, 11) is 0. The predicted octanol–water partition coefficient (Wildman–Crippen LogP) is 5.87. The quantitative estimate of drug-likeness (QED) is 0.449. The van der Waals surface area contributed by atoms with Crippen molar-refractivity contribution in [2.75, 3.05) is 0 Å². The molecule has 0 aromatic rings. The SMILES string of the molecule is C[C@H]1C=CCCCCCCCCCCCC1. The number of hydrogen-bond acceptors (Lipinski definition) is 0. The largest absolute Gasteiger partial charge is 0.0883 e. The molecule has 0 unspecified atom stereocenters. The molecule has 1 aliphatic carbocycles. The van der Waals surface area contributed by atoms with Crippen LogP contribution >= 0.6 is 0 Å². The minimum Gasteiger partial charge on any atom is -0.0883 e. The number of rotatable bonds is 0. The fourth-order valence-electron chi connectivity index (χ4n) is 2.57. The van der Waals surface area contributed by atoms with E-state index in [0.29, 0.717) is 0 Å². The highest BCUT2D eigenvalue weighted by atomic mass is 14.0. The van der Waals surface area contributed by atoms with Crippen molar-refractivity contribution in [2.45, 2.75) is 84.0 Å². The van der Waals surface area contributed by atoms with Crippen LogP contribution in [0.5, 0.6) is 0 Å². The van der Waals surface area contributed by atoms with Gasteiger partial charge in [-0.05, 0) is 25.2 Å². The van der Waals surface area contributed by atoms with Gasteiger partial charge in [0.25, 0.3) is 0 Å². The molecule has 0 spiro atoms. The molecular weight excluding hydrogens is 192 g/mol. The van der Waals surface area contributed by atoms with Gasteiger partial charge in [0.05, 0.1) is 0 Å². The molecule has 0 heterocycles. The summed E-state index contributed by atoms with van der Waals surface area (Å²) in [4.78, 5) is 0. The van der Waals surface area contributed by atoms with Crippen LogP contribution in [-0.4, -0.2) is 0 Å². The first kappa shape index (κ1) is 13.8. The summed E-state index contributed by atoms with van der Waals surface area (Å²) in [5.74, 6) is 0.810. The van der Waals surface area contributed by atoms with E-state index < -0.39 is 0 Å². The van der Waals surface area contributed by atoms with Crippen molar-refractivity contribution in [3.8, 4) is 0 Å². The maximum absolute atomic E-state index is 2.44. The Labute approximate surface area is 103 Å². The molecule has 0 saturated carbocycles. The van der Waals surface area contributed by atoms with Crippen molar-refractivity contribution in [1.82, 2.24) is 0 Å². The van der Waals surface area contributed by atoms with Gasteiger partial charge >= 0.3 is 0 Å². The molecule has 94 valence electrons. The van der Waals surface area contributed by atoms with E-state index in [1.54, 1.807) is 0 Å². The van der Waals surface area contributed by atoms with Gasteiger partial charge < -0.3 is 0 Å². The van der Waals surface area contributed by atoms with Crippen LogP contribution in [0.3, 0.4) is 0 Å². The Hall–Kier alpha value is -0.260. The maximum Gasteiger partial charge on any atom is -0.0262 e. The molecule has 0 amide bonds. The Balaban J connectivity index is 2.18. The molecule has 0 fully saturated rings. The molecule has 1 atom stereocenters. The van der Waals surface area contributed by atoms with Crippen molar-refractivity contribution in [1.29, 1.82) is 0 Å². The van der Waals surface area contributed by atoms with Crippen molar-refractivity contribution in [2.24, 2.45) is 5.92 Å². The third-order valence-electron chi connectivity index (χ3n) is 3.74. The first-order valence-corrected chi connectivity index (χ1v) is 7.56. The summed E-state index contributed by atoms with van der Waals surface area (Å²) in [5, 5.41) is 0. The highest BCUT2D eigenvalue weighted by Crippen LogP contribution is 2.16. The molecule has 0 N–H and O–H groups in total. The molecular formula is C16H30. The normalized spacial score (nSPS) is 26.9. The molecule has 0 aliphatic heterocycles. The first-order valence-electron chi connectivity index (χ1n) is 7.56. The van der Waals surface area contributed by atoms with Crippen LogP contribution in [0.1, 0.15) is 84.0 Å². The van der Waals surface area contributed by atoms with E-state index in [9.17, 15) is 0 Å². The second-order valence-electron chi connectivity index (χ2n) is 5.52. The fourth-order valence-corrected chi connectivity index (χ4v) is 2.57. The third kappa shape index (κ3) is 7.96. The van der Waals surface area contributed by atoms with Gasteiger partial charge in [-0.15, -0.1) is 0 Å². The van der Waals surface area contributed by atoms with E-state index in [2.05, 4.69) is 19.1 Å². The number of hydrogen-bond donors (Lipinski definition) is 0. The van der Waals surface area contributed by atoms with Crippen LogP contribution in [0.25, 0.3) is 0 Å². The van der Waals surface area contributed by atoms with Crippen molar-refractivity contribution in [3.63, 3.8) is 0 Å². The molecule has 0 bridgehead atoms. The second-order valence-corrected chi connectivity index (χ2v) is 5.52. The van der Waals surface area contributed by atoms with Gasteiger partial charge in [0.1, 0.15) is 0 Å². The Bertz CT molecular complexity index is 169. The lowest BCUT2D eigenvalue weighted by atomic mass is 10.0. The molecule has 1 aliphatic rings. The Kier molecular flexibility index (Phi) is 8.57. The van der Waals surface area contributed by atoms with Crippen LogP contribution < -0.4 is 0 Å². The van der Waals surface area contributed by atoms with Gasteiger partial charge in [-0.25, -0.2) is 0 Å². The minimum atomic E-state index is 0.810. The topological polar surface area (TPSA) is 0 Å². The zero-order valence-corrected chi connectivity index (χ0v) is 11.2. The Morgan fingerprint density at radius 3 is 1.81 bits per heavy atom. The molecule has 0 aromatic carbocycles. The van der Waals surface area contributed by atoms with E-state index in [4.69, 9.17) is 0 Å². The Morgan fingerprint density at radius 1 is 0.688 bits per heavy atom. The van der Waals surface area contributed by atoms with E-state index in [0.717, 1.165) is 5.92 Å². The summed E-state index contributed by atoms with van der Waals surface area (Å²) in [5.41, 5.74) is 0. The predicted molar refractivity (Wildman–Crippen MR) is 73.7 cm³/mol. The van der Waals surface area contributed by atoms with Crippen molar-refractivity contribution in [3.05, 3.63) is 12.2 Å². The van der Waals surface area contributed by atoms with Gasteiger partial charge in [0, 0.05) is 0 Å². The molecule has 0 nitrogen and oxygen atoms in total. The monoisotopic (exact) mass is 222 g/mol. The molecule has 0 aromatic heterocycles. The van der Waals surface area contributed by atoms with E-state index in [-0.39, 0.29) is 0 Å². The van der Waals surface area contributed by atoms with E-state index >= 15 is 0 Å². The van der Waals surface area contributed by atoms with Gasteiger partial charge in [-0.3, -0.25) is 0 Å². The first-order chi connectivity index (χ1) is 7.89. The van der Waals surface area contributed by atoms with Gasteiger partial charge in [0.2, 0.25) is 0 Å². The second kappa shape index (κ2) is 9.93. The smallest absolute Gasteiger partial charge is 0.0262 e. The van der Waals surface area contributed by atoms with Crippen LogP contribution in [0, 0.1) is 5.92 Å². The summed E-state index contributed by atoms with van der Waals surface area (Å²) < 4.78 is 0. The molecule has 0 saturated heterocycles. The lowest BCUT2D eigenvalue weighted by molar-refractivity contribution is 0.528. The van der Waals surface area contributed by atoms with Crippen LogP contribution in [0.15, 0.2) is 12.2 Å². The van der Waals surface area contributed by atoms with Crippen LogP contribution in [0.4, 0.5) is 0 Å². The number of allylic oxidation sites excluding steroid dienone is 2. The van der Waals surface area contributed by atoms with E-state index in [1.807, 2.05) is 0 Å². The summed E-state index contributed by atoms with van der Waals surface area (Å²) in [6.45, 7) is 2.37. The molecule has 1 rings (SSSR count). The maximum atomic E-state index is 2.44. The Morgan fingerprint density at radius 2 is 1.19 bits per heavy atom. The average molecular weight is 222 g/mol. The van der Waals surface area contributed by atoms with Gasteiger partial charge in [0.15, 0.2) is 0 Å². The fraction of sp³-hybridized carbons (Fsp3) is 0.875. The van der Waals surface area contributed by atoms with Gasteiger partial charge in [-0.2, -0.15) is 0 Å². The lowest BCUT2D eigenvalue weighted by Crippen LogP contribution is -1.89. The van der Waals surface area contributed by atoms with Crippen LogP contribution in [-0.2, 0) is 0 Å². The summed E-state index contributed by atoms with van der Waals surface area (Å²) in [6.07, 6.45) is 22.2. The highest BCUT2D eigenvalue weighted by Gasteiger charge is 1.98. The summed E-state index contributed by atoms with van der Waals surface area (Å²) >= 11 is 0. The van der Waals surface area contributed by atoms with Crippen molar-refractivity contribution >= 4 is 0 Å². The van der Waals surface area contributed by atoms with Crippen molar-refractivity contribution < 1.29 is 0 Å². The molecule has 0 radical (unpaired) electrons. The minimum absolute atomic E-state index is 0.810. The van der Waals surface area contributed by atoms with Crippen LogP contribution in [0.2, 0.25) is 0 Å². The standard InChI is InChI=1S/C16H30/c1-16-14-12-10-8-6-4-2-3-5-7-9-11-13-15-16/h12,14,16H,2-11,13,15H2,1H3/t16-/m0/s1. The third-order valence-corrected chi connectivity index (χ3v) is 3.74. The summed E-state index contributed by atoms with van der Waals surface area (Å²) in [6, 6.07) is 0. The molecule has 16 heavy (non-hydrogen) atoms. The zero-order chi connectivity index (χ0) is 11.5. The highest BCUT2D eigenvalue weighted by molar-refractivity contribution is 4.86.